The summed E-state index contributed by atoms with van der Waals surface area (Å²) in [5, 5.41) is 12.7. The molecular weight excluding hydrogens is 420 g/mol. The Bertz CT molecular complexity index is 953. The van der Waals surface area contributed by atoms with E-state index in [1.165, 1.54) is 0 Å². The summed E-state index contributed by atoms with van der Waals surface area (Å²) in [4.78, 5) is 33.7. The van der Waals surface area contributed by atoms with Gasteiger partial charge in [0.2, 0.25) is 5.88 Å². The normalized spacial score (nSPS) is 19.1. The molecular formula is C25H34N4O4. The van der Waals surface area contributed by atoms with Crippen LogP contribution in [0.5, 0.6) is 5.88 Å². The number of aromatic nitrogens is 1. The van der Waals surface area contributed by atoms with Gasteiger partial charge in [0.1, 0.15) is 11.7 Å². The highest BCUT2D eigenvalue weighted by molar-refractivity contribution is 5.98. The molecule has 1 aliphatic heterocycles. The van der Waals surface area contributed by atoms with Gasteiger partial charge < -0.3 is 25.0 Å². The largest absolute Gasteiger partial charge is 0.472 e. The van der Waals surface area contributed by atoms with Crippen LogP contribution in [0.2, 0.25) is 0 Å². The van der Waals surface area contributed by atoms with Crippen LogP contribution in [0.4, 0.5) is 4.79 Å². The lowest BCUT2D eigenvalue weighted by Crippen LogP contribution is -2.51. The average Bonchev–Trinajstić information content (AvgIpc) is 2.84. The molecule has 0 spiro atoms. The van der Waals surface area contributed by atoms with Crippen molar-refractivity contribution in [1.82, 2.24) is 20.1 Å². The SMILES string of the molecule is CCCNC(=O)N(C)C[C@@H]1Oc2ncc(-c3ccccc3)cc2C(=O)N([C@@H](C)CO)C[C@H]1C. The van der Waals surface area contributed by atoms with E-state index in [0.717, 1.165) is 17.5 Å². The first-order valence-electron chi connectivity index (χ1n) is 11.5. The summed E-state index contributed by atoms with van der Waals surface area (Å²) in [5.41, 5.74) is 2.11. The van der Waals surface area contributed by atoms with Crippen LogP contribution in [0.15, 0.2) is 42.6 Å². The second-order valence-electron chi connectivity index (χ2n) is 8.68. The van der Waals surface area contributed by atoms with Crippen molar-refractivity contribution in [3.05, 3.63) is 48.2 Å². The molecule has 0 bridgehead atoms. The van der Waals surface area contributed by atoms with Gasteiger partial charge in [-0.2, -0.15) is 0 Å². The molecule has 2 aromatic rings. The summed E-state index contributed by atoms with van der Waals surface area (Å²) in [6.07, 6.45) is 2.17. The number of rotatable bonds is 7. The lowest BCUT2D eigenvalue weighted by atomic mass is 9.99. The van der Waals surface area contributed by atoms with Crippen molar-refractivity contribution < 1.29 is 19.4 Å². The highest BCUT2D eigenvalue weighted by Gasteiger charge is 2.34. The number of nitrogens with one attached hydrogen (secondary N) is 1. The fraction of sp³-hybridized carbons (Fsp3) is 0.480. The Balaban J connectivity index is 1.96. The van der Waals surface area contributed by atoms with Crippen molar-refractivity contribution in [2.24, 2.45) is 5.92 Å². The van der Waals surface area contributed by atoms with Gasteiger partial charge in [-0.3, -0.25) is 4.79 Å². The quantitative estimate of drug-likeness (QED) is 0.671. The highest BCUT2D eigenvalue weighted by Crippen LogP contribution is 2.30. The third kappa shape index (κ3) is 5.82. The number of nitrogens with zero attached hydrogens (tertiary/aromatic N) is 3. The molecule has 3 rings (SSSR count). The van der Waals surface area contributed by atoms with E-state index in [0.29, 0.717) is 25.2 Å². The second kappa shape index (κ2) is 11.1. The van der Waals surface area contributed by atoms with Gasteiger partial charge in [0, 0.05) is 37.8 Å². The van der Waals surface area contributed by atoms with E-state index >= 15 is 0 Å². The summed E-state index contributed by atoms with van der Waals surface area (Å²) in [7, 11) is 1.73. The van der Waals surface area contributed by atoms with Gasteiger partial charge in [0.15, 0.2) is 0 Å². The van der Waals surface area contributed by atoms with Gasteiger partial charge in [0.05, 0.1) is 19.2 Å². The molecule has 1 aromatic heterocycles. The molecule has 178 valence electrons. The minimum atomic E-state index is -0.377. The predicted octanol–water partition coefficient (Wildman–Crippen LogP) is 3.02. The van der Waals surface area contributed by atoms with Gasteiger partial charge in [-0.05, 0) is 25.0 Å². The zero-order valence-electron chi connectivity index (χ0n) is 19.8. The number of urea groups is 1. The summed E-state index contributed by atoms with van der Waals surface area (Å²) >= 11 is 0. The first-order valence-corrected chi connectivity index (χ1v) is 11.5. The lowest BCUT2D eigenvalue weighted by molar-refractivity contribution is 0.0352. The van der Waals surface area contributed by atoms with Crippen molar-refractivity contribution >= 4 is 11.9 Å². The van der Waals surface area contributed by atoms with Crippen LogP contribution in [0, 0.1) is 5.92 Å². The van der Waals surface area contributed by atoms with Crippen LogP contribution >= 0.6 is 0 Å². The lowest BCUT2D eigenvalue weighted by Gasteiger charge is -2.37. The number of likely N-dealkylation sites (N-methyl/N-ethyl adjacent to an activating group) is 1. The second-order valence-corrected chi connectivity index (χ2v) is 8.68. The smallest absolute Gasteiger partial charge is 0.317 e. The number of benzene rings is 1. The minimum absolute atomic E-state index is 0.0897. The van der Waals surface area contributed by atoms with Crippen molar-refractivity contribution in [1.29, 1.82) is 0 Å². The summed E-state index contributed by atoms with van der Waals surface area (Å²) < 4.78 is 6.25. The number of hydrogen-bond donors (Lipinski definition) is 2. The third-order valence-corrected chi connectivity index (χ3v) is 5.95. The molecule has 3 atom stereocenters. The molecule has 33 heavy (non-hydrogen) atoms. The summed E-state index contributed by atoms with van der Waals surface area (Å²) in [5.74, 6) is -0.0713. The van der Waals surface area contributed by atoms with E-state index in [-0.39, 0.29) is 42.5 Å². The molecule has 0 unspecified atom stereocenters. The molecule has 0 saturated carbocycles. The van der Waals surface area contributed by atoms with Gasteiger partial charge in [0.25, 0.3) is 5.91 Å². The van der Waals surface area contributed by atoms with E-state index in [2.05, 4.69) is 10.3 Å². The molecule has 8 heteroatoms. The predicted molar refractivity (Wildman–Crippen MR) is 127 cm³/mol. The van der Waals surface area contributed by atoms with E-state index in [4.69, 9.17) is 4.74 Å². The Morgan fingerprint density at radius 2 is 2.06 bits per heavy atom. The number of aliphatic hydroxyl groups is 1. The maximum atomic E-state index is 13.5. The first kappa shape index (κ1) is 24.5. The number of amides is 3. The molecule has 3 amide bonds. The van der Waals surface area contributed by atoms with E-state index in [1.54, 1.807) is 29.1 Å². The van der Waals surface area contributed by atoms with E-state index in [9.17, 15) is 14.7 Å². The number of aliphatic hydroxyl groups excluding tert-OH is 1. The Morgan fingerprint density at radius 3 is 2.73 bits per heavy atom. The Labute approximate surface area is 195 Å². The van der Waals surface area contributed by atoms with Crippen molar-refractivity contribution in [2.45, 2.75) is 39.3 Å². The summed E-state index contributed by atoms with van der Waals surface area (Å²) in [6, 6.07) is 11.0. The number of fused-ring (bicyclic) bond motifs is 1. The number of hydrogen-bond acceptors (Lipinski definition) is 5. The number of carbonyl (C=O) groups excluding carboxylic acids is 2. The maximum Gasteiger partial charge on any atom is 0.317 e. The first-order chi connectivity index (χ1) is 15.8. The monoisotopic (exact) mass is 454 g/mol. The van der Waals surface area contributed by atoms with Crippen LogP contribution in [-0.2, 0) is 0 Å². The molecule has 0 radical (unpaired) electrons. The Hall–Kier alpha value is -3.13. The molecule has 2 heterocycles. The van der Waals surface area contributed by atoms with Crippen LogP contribution in [0.25, 0.3) is 11.1 Å². The van der Waals surface area contributed by atoms with Crippen LogP contribution in [-0.4, -0.2) is 77.3 Å². The maximum absolute atomic E-state index is 13.5. The van der Waals surface area contributed by atoms with Gasteiger partial charge in [-0.15, -0.1) is 0 Å². The molecule has 0 fully saturated rings. The fourth-order valence-electron chi connectivity index (χ4n) is 3.83. The fourth-order valence-corrected chi connectivity index (χ4v) is 3.83. The van der Waals surface area contributed by atoms with Crippen molar-refractivity contribution in [2.75, 3.05) is 33.3 Å². The Kier molecular flexibility index (Phi) is 8.27. The van der Waals surface area contributed by atoms with Gasteiger partial charge >= 0.3 is 6.03 Å². The molecule has 2 N–H and O–H groups in total. The van der Waals surface area contributed by atoms with Gasteiger partial charge in [-0.1, -0.05) is 44.2 Å². The summed E-state index contributed by atoms with van der Waals surface area (Å²) in [6.45, 7) is 6.99. The molecule has 1 aliphatic rings. The number of carbonyl (C=O) groups is 2. The van der Waals surface area contributed by atoms with Crippen LogP contribution < -0.4 is 10.1 Å². The van der Waals surface area contributed by atoms with E-state index < -0.39 is 0 Å². The molecule has 1 aromatic carbocycles. The van der Waals surface area contributed by atoms with Crippen LogP contribution in [0.3, 0.4) is 0 Å². The van der Waals surface area contributed by atoms with Crippen molar-refractivity contribution in [3.8, 4) is 17.0 Å². The highest BCUT2D eigenvalue weighted by atomic mass is 16.5. The standard InChI is InChI=1S/C25H34N4O4/c1-5-11-26-25(32)28(4)15-22-17(2)14-29(18(3)16-30)24(31)21-12-20(13-27-23(21)33-22)19-9-7-6-8-10-19/h6-10,12-13,17-18,22,30H,5,11,14-16H2,1-4H3,(H,26,32)/t17-,18+,22+/m1/s1. The molecule has 0 aliphatic carbocycles. The van der Waals surface area contributed by atoms with Crippen LogP contribution in [0.1, 0.15) is 37.6 Å². The Morgan fingerprint density at radius 1 is 1.33 bits per heavy atom. The van der Waals surface area contributed by atoms with Gasteiger partial charge in [-0.25, -0.2) is 9.78 Å². The molecule has 8 nitrogen and oxygen atoms in total. The number of ether oxygens (including phenoxy) is 1. The third-order valence-electron chi connectivity index (χ3n) is 5.95. The topological polar surface area (TPSA) is 95.0 Å². The molecule has 0 saturated heterocycles. The van der Waals surface area contributed by atoms with Crippen molar-refractivity contribution in [3.63, 3.8) is 0 Å². The zero-order chi connectivity index (χ0) is 24.0. The zero-order valence-corrected chi connectivity index (χ0v) is 19.8. The van der Waals surface area contributed by atoms with E-state index in [1.807, 2.05) is 51.1 Å². The number of pyridine rings is 1. The average molecular weight is 455 g/mol. The minimum Gasteiger partial charge on any atom is -0.472 e.